The summed E-state index contributed by atoms with van der Waals surface area (Å²) in [6.45, 7) is 1.65. The Hall–Kier alpha value is -2.70. The largest absolute Gasteiger partial charge is 0.480 e. The molecule has 1 aromatic heterocycles. The SMILES string of the molecule is Cc1ccc(F)cc1C(=O)NC(Cc1cnc[nH]1)C(=O)O. The number of imidazole rings is 1. The molecule has 0 radical (unpaired) electrons. The highest BCUT2D eigenvalue weighted by atomic mass is 19.1. The van der Waals surface area contributed by atoms with E-state index in [1.807, 2.05) is 0 Å². The number of carbonyl (C=O) groups excluding carboxylic acids is 1. The highest BCUT2D eigenvalue weighted by molar-refractivity contribution is 5.97. The van der Waals surface area contributed by atoms with E-state index in [-0.39, 0.29) is 12.0 Å². The third kappa shape index (κ3) is 3.65. The van der Waals surface area contributed by atoms with E-state index in [1.165, 1.54) is 24.7 Å². The van der Waals surface area contributed by atoms with Crippen molar-refractivity contribution in [2.45, 2.75) is 19.4 Å². The van der Waals surface area contributed by atoms with Gasteiger partial charge in [0.25, 0.3) is 5.91 Å². The smallest absolute Gasteiger partial charge is 0.326 e. The van der Waals surface area contributed by atoms with Gasteiger partial charge in [0.05, 0.1) is 6.33 Å². The minimum Gasteiger partial charge on any atom is -0.480 e. The number of aryl methyl sites for hydroxylation is 1. The van der Waals surface area contributed by atoms with Gasteiger partial charge in [0.2, 0.25) is 0 Å². The van der Waals surface area contributed by atoms with Crippen molar-refractivity contribution in [3.63, 3.8) is 0 Å². The Labute approximate surface area is 120 Å². The first-order valence-electron chi connectivity index (χ1n) is 6.24. The fraction of sp³-hybridized carbons (Fsp3) is 0.214. The summed E-state index contributed by atoms with van der Waals surface area (Å²) < 4.78 is 13.2. The molecular formula is C14H14FN3O3. The van der Waals surface area contributed by atoms with Crippen LogP contribution in [0.25, 0.3) is 0 Å². The topological polar surface area (TPSA) is 95.1 Å². The maximum atomic E-state index is 13.2. The van der Waals surface area contributed by atoms with Crippen LogP contribution in [0.15, 0.2) is 30.7 Å². The van der Waals surface area contributed by atoms with E-state index >= 15 is 0 Å². The van der Waals surface area contributed by atoms with Crippen LogP contribution in [-0.2, 0) is 11.2 Å². The van der Waals surface area contributed by atoms with Gasteiger partial charge in [-0.05, 0) is 24.6 Å². The van der Waals surface area contributed by atoms with Crippen molar-refractivity contribution in [3.05, 3.63) is 53.4 Å². The number of carboxylic acid groups (broad SMARTS) is 1. The molecule has 2 aromatic rings. The number of rotatable bonds is 5. The second-order valence-electron chi connectivity index (χ2n) is 4.60. The third-order valence-corrected chi connectivity index (χ3v) is 3.03. The zero-order valence-corrected chi connectivity index (χ0v) is 11.3. The zero-order chi connectivity index (χ0) is 15.4. The number of aromatic amines is 1. The molecule has 6 nitrogen and oxygen atoms in total. The van der Waals surface area contributed by atoms with Gasteiger partial charge in [-0.15, -0.1) is 0 Å². The van der Waals surface area contributed by atoms with Gasteiger partial charge in [0.1, 0.15) is 11.9 Å². The fourth-order valence-corrected chi connectivity index (χ4v) is 1.89. The predicted octanol–water partition coefficient (Wildman–Crippen LogP) is 1.28. The molecule has 0 aliphatic heterocycles. The Bertz CT molecular complexity index is 655. The number of H-pyrrole nitrogens is 1. The van der Waals surface area contributed by atoms with Crippen LogP contribution in [0.2, 0.25) is 0 Å². The molecule has 21 heavy (non-hydrogen) atoms. The molecule has 110 valence electrons. The van der Waals surface area contributed by atoms with Crippen LogP contribution in [-0.4, -0.2) is 33.0 Å². The van der Waals surface area contributed by atoms with Crippen molar-refractivity contribution in [3.8, 4) is 0 Å². The second-order valence-corrected chi connectivity index (χ2v) is 4.60. The summed E-state index contributed by atoms with van der Waals surface area (Å²) in [6, 6.07) is 2.67. The van der Waals surface area contributed by atoms with Crippen LogP contribution in [0.4, 0.5) is 4.39 Å². The average molecular weight is 291 g/mol. The lowest BCUT2D eigenvalue weighted by atomic mass is 10.1. The number of nitrogens with zero attached hydrogens (tertiary/aromatic N) is 1. The van der Waals surface area contributed by atoms with Crippen molar-refractivity contribution < 1.29 is 19.1 Å². The summed E-state index contributed by atoms with van der Waals surface area (Å²) >= 11 is 0. The zero-order valence-electron chi connectivity index (χ0n) is 11.3. The lowest BCUT2D eigenvalue weighted by molar-refractivity contribution is -0.139. The van der Waals surface area contributed by atoms with Crippen molar-refractivity contribution in [2.24, 2.45) is 0 Å². The lowest BCUT2D eigenvalue weighted by Crippen LogP contribution is -2.42. The summed E-state index contributed by atoms with van der Waals surface area (Å²) in [6.07, 6.45) is 2.97. The molecule has 0 aliphatic carbocycles. The first kappa shape index (κ1) is 14.7. The number of carbonyl (C=O) groups is 2. The average Bonchev–Trinajstić information content (AvgIpc) is 2.93. The molecule has 0 fully saturated rings. The molecule has 3 N–H and O–H groups in total. The number of hydrogen-bond acceptors (Lipinski definition) is 3. The molecule has 7 heteroatoms. The summed E-state index contributed by atoms with van der Waals surface area (Å²) in [5, 5.41) is 11.6. The van der Waals surface area contributed by atoms with E-state index in [1.54, 1.807) is 6.92 Å². The molecule has 1 amide bonds. The number of amides is 1. The molecule has 2 rings (SSSR count). The summed E-state index contributed by atoms with van der Waals surface area (Å²) in [4.78, 5) is 29.9. The first-order valence-corrected chi connectivity index (χ1v) is 6.24. The second kappa shape index (κ2) is 6.17. The minimum absolute atomic E-state index is 0.0649. The van der Waals surface area contributed by atoms with Gasteiger partial charge >= 0.3 is 5.97 Å². The quantitative estimate of drug-likeness (QED) is 0.773. The standard InChI is InChI=1S/C14H14FN3O3/c1-8-2-3-9(15)4-11(8)13(19)18-12(14(20)21)5-10-6-16-7-17-10/h2-4,6-7,12H,5H2,1H3,(H,16,17)(H,18,19)(H,20,21). The Morgan fingerprint density at radius 2 is 2.24 bits per heavy atom. The van der Waals surface area contributed by atoms with Crippen molar-refractivity contribution in [1.82, 2.24) is 15.3 Å². The number of halogens is 1. The molecule has 1 atom stereocenters. The molecule has 1 aromatic carbocycles. The predicted molar refractivity (Wildman–Crippen MR) is 72.3 cm³/mol. The van der Waals surface area contributed by atoms with E-state index in [0.717, 1.165) is 6.07 Å². The molecule has 1 unspecified atom stereocenters. The maximum absolute atomic E-state index is 13.2. The molecule has 0 spiro atoms. The van der Waals surface area contributed by atoms with Crippen LogP contribution >= 0.6 is 0 Å². The summed E-state index contributed by atoms with van der Waals surface area (Å²) in [7, 11) is 0. The number of aromatic nitrogens is 2. The van der Waals surface area contributed by atoms with Crippen molar-refractivity contribution >= 4 is 11.9 Å². The van der Waals surface area contributed by atoms with E-state index < -0.39 is 23.7 Å². The summed E-state index contributed by atoms with van der Waals surface area (Å²) in [5.74, 6) is -2.35. The first-order chi connectivity index (χ1) is 9.97. The van der Waals surface area contributed by atoms with E-state index in [4.69, 9.17) is 5.11 Å². The normalized spacial score (nSPS) is 11.9. The van der Waals surface area contributed by atoms with Gasteiger partial charge in [-0.3, -0.25) is 4.79 Å². The van der Waals surface area contributed by atoms with Crippen LogP contribution in [0.1, 0.15) is 21.6 Å². The Balaban J connectivity index is 2.14. The molecule has 0 aliphatic rings. The Morgan fingerprint density at radius 1 is 1.48 bits per heavy atom. The van der Waals surface area contributed by atoms with Crippen LogP contribution in [0.3, 0.4) is 0 Å². The van der Waals surface area contributed by atoms with Crippen LogP contribution in [0, 0.1) is 12.7 Å². The van der Waals surface area contributed by atoms with Crippen molar-refractivity contribution in [2.75, 3.05) is 0 Å². The van der Waals surface area contributed by atoms with Crippen molar-refractivity contribution in [1.29, 1.82) is 0 Å². The van der Waals surface area contributed by atoms with Crippen LogP contribution < -0.4 is 5.32 Å². The third-order valence-electron chi connectivity index (χ3n) is 3.03. The molecule has 0 bridgehead atoms. The Kier molecular flexibility index (Phi) is 4.32. The van der Waals surface area contributed by atoms with Gasteiger partial charge < -0.3 is 15.4 Å². The summed E-state index contributed by atoms with van der Waals surface area (Å²) in [5.41, 5.74) is 1.27. The maximum Gasteiger partial charge on any atom is 0.326 e. The van der Waals surface area contributed by atoms with Crippen LogP contribution in [0.5, 0.6) is 0 Å². The number of hydrogen-bond donors (Lipinski definition) is 3. The van der Waals surface area contributed by atoms with Gasteiger partial charge in [0, 0.05) is 23.9 Å². The fourth-order valence-electron chi connectivity index (χ4n) is 1.89. The highest BCUT2D eigenvalue weighted by Gasteiger charge is 2.22. The minimum atomic E-state index is -1.17. The highest BCUT2D eigenvalue weighted by Crippen LogP contribution is 2.11. The number of benzene rings is 1. The monoisotopic (exact) mass is 291 g/mol. The number of nitrogens with one attached hydrogen (secondary N) is 2. The lowest BCUT2D eigenvalue weighted by Gasteiger charge is -2.14. The van der Waals surface area contributed by atoms with Gasteiger partial charge in [-0.1, -0.05) is 6.07 Å². The van der Waals surface area contributed by atoms with E-state index in [2.05, 4.69) is 15.3 Å². The molecule has 0 saturated carbocycles. The molecular weight excluding hydrogens is 277 g/mol. The number of carboxylic acids is 1. The van der Waals surface area contributed by atoms with Gasteiger partial charge in [0.15, 0.2) is 0 Å². The Morgan fingerprint density at radius 3 is 2.86 bits per heavy atom. The molecule has 0 saturated heterocycles. The van der Waals surface area contributed by atoms with E-state index in [0.29, 0.717) is 11.3 Å². The molecule has 1 heterocycles. The van der Waals surface area contributed by atoms with Gasteiger partial charge in [-0.2, -0.15) is 0 Å². The van der Waals surface area contributed by atoms with E-state index in [9.17, 15) is 14.0 Å². The number of aliphatic carboxylic acids is 1. The van der Waals surface area contributed by atoms with Gasteiger partial charge in [-0.25, -0.2) is 14.2 Å².